The number of aliphatic carboxylic acids is 1. The summed E-state index contributed by atoms with van der Waals surface area (Å²) in [5.74, 6) is -1.27. The van der Waals surface area contributed by atoms with Gasteiger partial charge in [-0.1, -0.05) is 25.5 Å². The molecule has 1 atom stereocenters. The van der Waals surface area contributed by atoms with E-state index >= 15 is 0 Å². The highest BCUT2D eigenvalue weighted by atomic mass is 16.4. The SMILES string of the molecule is CCCC1(C(=O)O)CCCN1C(=O)Cn1c(=O)n(C)c2ccccc21. The van der Waals surface area contributed by atoms with Crippen molar-refractivity contribution in [2.75, 3.05) is 6.54 Å². The highest BCUT2D eigenvalue weighted by molar-refractivity contribution is 5.88. The van der Waals surface area contributed by atoms with Gasteiger partial charge in [0, 0.05) is 13.6 Å². The molecule has 0 bridgehead atoms. The summed E-state index contributed by atoms with van der Waals surface area (Å²) in [5, 5.41) is 9.74. The van der Waals surface area contributed by atoms with Crippen LogP contribution in [0.3, 0.4) is 0 Å². The molecule has 25 heavy (non-hydrogen) atoms. The normalized spacial score (nSPS) is 20.3. The summed E-state index contributed by atoms with van der Waals surface area (Å²) in [4.78, 5) is 38.8. The van der Waals surface area contributed by atoms with Gasteiger partial charge >= 0.3 is 11.7 Å². The van der Waals surface area contributed by atoms with Crippen LogP contribution in [0.2, 0.25) is 0 Å². The molecule has 1 aromatic carbocycles. The van der Waals surface area contributed by atoms with Gasteiger partial charge in [-0.05, 0) is 31.4 Å². The number of likely N-dealkylation sites (tertiary alicyclic amines) is 1. The van der Waals surface area contributed by atoms with E-state index in [0.29, 0.717) is 37.7 Å². The summed E-state index contributed by atoms with van der Waals surface area (Å²) in [6, 6.07) is 7.28. The van der Waals surface area contributed by atoms with Crippen LogP contribution in [0.5, 0.6) is 0 Å². The molecule has 0 saturated carbocycles. The van der Waals surface area contributed by atoms with Crippen molar-refractivity contribution in [1.29, 1.82) is 0 Å². The fourth-order valence-corrected chi connectivity index (χ4v) is 3.98. The summed E-state index contributed by atoms with van der Waals surface area (Å²) in [7, 11) is 1.67. The van der Waals surface area contributed by atoms with Crippen molar-refractivity contribution in [2.45, 2.75) is 44.7 Å². The van der Waals surface area contributed by atoms with Crippen LogP contribution in [0.25, 0.3) is 11.0 Å². The van der Waals surface area contributed by atoms with Crippen molar-refractivity contribution in [1.82, 2.24) is 14.0 Å². The molecule has 134 valence electrons. The lowest BCUT2D eigenvalue weighted by Gasteiger charge is -2.34. The lowest BCUT2D eigenvalue weighted by molar-refractivity contribution is -0.157. The zero-order chi connectivity index (χ0) is 18.2. The number of carbonyl (C=O) groups excluding carboxylic acids is 1. The Balaban J connectivity index is 1.96. The second-order valence-corrected chi connectivity index (χ2v) is 6.65. The molecule has 0 aliphatic carbocycles. The van der Waals surface area contributed by atoms with Crippen molar-refractivity contribution >= 4 is 22.9 Å². The van der Waals surface area contributed by atoms with Crippen LogP contribution in [0.15, 0.2) is 29.1 Å². The zero-order valence-corrected chi connectivity index (χ0v) is 14.6. The van der Waals surface area contributed by atoms with Gasteiger partial charge in [-0.25, -0.2) is 9.59 Å². The first-order valence-electron chi connectivity index (χ1n) is 8.60. The highest BCUT2D eigenvalue weighted by Gasteiger charge is 2.49. The maximum atomic E-state index is 12.9. The highest BCUT2D eigenvalue weighted by Crippen LogP contribution is 2.34. The molecule has 1 saturated heterocycles. The molecular weight excluding hydrogens is 322 g/mol. The zero-order valence-electron chi connectivity index (χ0n) is 14.6. The van der Waals surface area contributed by atoms with Crippen LogP contribution in [0, 0.1) is 0 Å². The van der Waals surface area contributed by atoms with Crippen LogP contribution in [-0.4, -0.2) is 43.1 Å². The number of benzene rings is 1. The van der Waals surface area contributed by atoms with Crippen LogP contribution >= 0.6 is 0 Å². The van der Waals surface area contributed by atoms with Gasteiger partial charge < -0.3 is 10.0 Å². The van der Waals surface area contributed by atoms with Crippen LogP contribution in [0.1, 0.15) is 32.6 Å². The third kappa shape index (κ3) is 2.63. The van der Waals surface area contributed by atoms with Gasteiger partial charge in [-0.15, -0.1) is 0 Å². The van der Waals surface area contributed by atoms with Crippen molar-refractivity contribution in [2.24, 2.45) is 7.05 Å². The second-order valence-electron chi connectivity index (χ2n) is 6.65. The molecule has 0 spiro atoms. The number of carboxylic acid groups (broad SMARTS) is 1. The third-order valence-corrected chi connectivity index (χ3v) is 5.20. The third-order valence-electron chi connectivity index (χ3n) is 5.20. The van der Waals surface area contributed by atoms with E-state index in [1.54, 1.807) is 13.1 Å². The van der Waals surface area contributed by atoms with E-state index in [2.05, 4.69) is 0 Å². The maximum absolute atomic E-state index is 12.9. The standard InChI is InChI=1S/C18H23N3O4/c1-3-9-18(16(23)24)10-6-11-21(18)15(22)12-20-14-8-5-4-7-13(14)19(2)17(20)25/h4-5,7-8H,3,6,9-12H2,1-2H3,(H,23,24). The van der Waals surface area contributed by atoms with E-state index in [4.69, 9.17) is 0 Å². The number of imidazole rings is 1. The van der Waals surface area contributed by atoms with Crippen LogP contribution in [0.4, 0.5) is 0 Å². The monoisotopic (exact) mass is 345 g/mol. The Morgan fingerprint density at radius 1 is 1.24 bits per heavy atom. The minimum atomic E-state index is -1.14. The number of nitrogens with zero attached hydrogens (tertiary/aromatic N) is 3. The molecule has 2 heterocycles. The van der Waals surface area contributed by atoms with Crippen LogP contribution in [-0.2, 0) is 23.2 Å². The number of aromatic nitrogens is 2. The topological polar surface area (TPSA) is 84.5 Å². The molecule has 1 aliphatic heterocycles. The quantitative estimate of drug-likeness (QED) is 0.892. The molecule has 3 rings (SSSR count). The number of fused-ring (bicyclic) bond motifs is 1. The van der Waals surface area contributed by atoms with Gasteiger partial charge in [0.25, 0.3) is 0 Å². The Hall–Kier alpha value is -2.57. The number of hydrogen-bond acceptors (Lipinski definition) is 3. The molecule has 1 aromatic heterocycles. The molecule has 2 aromatic rings. The Labute approximate surface area is 145 Å². The molecule has 7 heteroatoms. The van der Waals surface area contributed by atoms with Gasteiger partial charge in [-0.3, -0.25) is 13.9 Å². The molecule has 1 aliphatic rings. The van der Waals surface area contributed by atoms with Crippen LogP contribution < -0.4 is 5.69 Å². The number of para-hydroxylation sites is 2. The van der Waals surface area contributed by atoms with E-state index in [0.717, 1.165) is 5.52 Å². The van der Waals surface area contributed by atoms with Crippen molar-refractivity contribution in [3.05, 3.63) is 34.7 Å². The van der Waals surface area contributed by atoms with Gasteiger partial charge in [0.2, 0.25) is 5.91 Å². The largest absolute Gasteiger partial charge is 0.479 e. The molecular formula is C18H23N3O4. The fourth-order valence-electron chi connectivity index (χ4n) is 3.98. The number of aryl methyl sites for hydroxylation is 1. The Morgan fingerprint density at radius 2 is 1.92 bits per heavy atom. The molecule has 1 fully saturated rings. The number of hydrogen-bond donors (Lipinski definition) is 1. The van der Waals surface area contributed by atoms with Gasteiger partial charge in [0.15, 0.2) is 0 Å². The Bertz CT molecular complexity index is 882. The fraction of sp³-hybridized carbons (Fsp3) is 0.500. The van der Waals surface area contributed by atoms with Crippen molar-refractivity contribution < 1.29 is 14.7 Å². The first kappa shape index (κ1) is 17.3. The second kappa shape index (κ2) is 6.38. The summed E-state index contributed by atoms with van der Waals surface area (Å²) < 4.78 is 2.93. The number of rotatable bonds is 5. The van der Waals surface area contributed by atoms with E-state index in [9.17, 15) is 19.5 Å². The van der Waals surface area contributed by atoms with E-state index < -0.39 is 11.5 Å². The first-order chi connectivity index (χ1) is 11.9. The maximum Gasteiger partial charge on any atom is 0.329 e. The average molecular weight is 345 g/mol. The van der Waals surface area contributed by atoms with Crippen molar-refractivity contribution in [3.8, 4) is 0 Å². The van der Waals surface area contributed by atoms with Gasteiger partial charge in [-0.2, -0.15) is 0 Å². The summed E-state index contributed by atoms with van der Waals surface area (Å²) >= 11 is 0. The molecule has 7 nitrogen and oxygen atoms in total. The number of carbonyl (C=O) groups is 2. The van der Waals surface area contributed by atoms with E-state index in [1.807, 2.05) is 25.1 Å². The van der Waals surface area contributed by atoms with Gasteiger partial charge in [0.05, 0.1) is 11.0 Å². The van der Waals surface area contributed by atoms with Crippen molar-refractivity contribution in [3.63, 3.8) is 0 Å². The Kier molecular flexibility index (Phi) is 4.41. The predicted molar refractivity (Wildman–Crippen MR) is 93.4 cm³/mol. The molecule has 1 amide bonds. The molecule has 1 unspecified atom stereocenters. The predicted octanol–water partition coefficient (Wildman–Crippen LogP) is 1.59. The summed E-state index contributed by atoms with van der Waals surface area (Å²) in [6.45, 7) is 2.20. The smallest absolute Gasteiger partial charge is 0.329 e. The van der Waals surface area contributed by atoms with E-state index in [1.165, 1.54) is 14.0 Å². The summed E-state index contributed by atoms with van der Waals surface area (Å²) in [5.41, 5.74) is 0.0175. The lowest BCUT2D eigenvalue weighted by Crippen LogP contribution is -2.54. The lowest BCUT2D eigenvalue weighted by atomic mass is 9.90. The Morgan fingerprint density at radius 3 is 2.56 bits per heavy atom. The average Bonchev–Trinajstić information content (AvgIpc) is 3.12. The van der Waals surface area contributed by atoms with Gasteiger partial charge in [0.1, 0.15) is 12.1 Å². The number of amides is 1. The molecule has 1 N–H and O–H groups in total. The first-order valence-corrected chi connectivity index (χ1v) is 8.60. The molecule has 0 radical (unpaired) electrons. The summed E-state index contributed by atoms with van der Waals surface area (Å²) in [6.07, 6.45) is 2.25. The van der Waals surface area contributed by atoms with E-state index in [-0.39, 0.29) is 18.1 Å². The minimum Gasteiger partial charge on any atom is -0.479 e. The minimum absolute atomic E-state index is 0.140. The number of carboxylic acids is 1.